The Morgan fingerprint density at radius 1 is 1.45 bits per heavy atom. The smallest absolute Gasteiger partial charge is 0.269 e. The molecule has 110 valence electrons. The number of rotatable bonds is 2. The number of piperazine rings is 1. The molecule has 1 aromatic heterocycles. The first-order valence-corrected chi connectivity index (χ1v) is 6.33. The van der Waals surface area contributed by atoms with Gasteiger partial charge < -0.3 is 15.5 Å². The van der Waals surface area contributed by atoms with Crippen LogP contribution in [0.15, 0.2) is 18.3 Å². The van der Waals surface area contributed by atoms with Crippen LogP contribution in [0, 0.1) is 0 Å². The fourth-order valence-corrected chi connectivity index (χ4v) is 2.09. The summed E-state index contributed by atoms with van der Waals surface area (Å²) < 4.78 is 0. The van der Waals surface area contributed by atoms with Crippen molar-refractivity contribution in [2.75, 3.05) is 26.7 Å². The van der Waals surface area contributed by atoms with Crippen molar-refractivity contribution in [1.82, 2.24) is 20.5 Å². The summed E-state index contributed by atoms with van der Waals surface area (Å²) in [5, 5.41) is 5.74. The molecule has 1 atom stereocenters. The van der Waals surface area contributed by atoms with Gasteiger partial charge in [-0.1, -0.05) is 0 Å². The van der Waals surface area contributed by atoms with Crippen LogP contribution in [0.4, 0.5) is 0 Å². The van der Waals surface area contributed by atoms with E-state index in [1.165, 1.54) is 6.20 Å². The maximum atomic E-state index is 12.3. The third kappa shape index (κ3) is 3.46. The highest BCUT2D eigenvalue weighted by Gasteiger charge is 2.24. The molecule has 1 aliphatic heterocycles. The average Bonchev–Trinajstić information content (AvgIpc) is 2.46. The van der Waals surface area contributed by atoms with Gasteiger partial charge in [0.15, 0.2) is 0 Å². The first-order valence-electron chi connectivity index (χ1n) is 6.33. The minimum absolute atomic E-state index is 0. The maximum Gasteiger partial charge on any atom is 0.269 e. The summed E-state index contributed by atoms with van der Waals surface area (Å²) in [6, 6.07) is 3.38. The van der Waals surface area contributed by atoms with Crippen LogP contribution in [0.5, 0.6) is 0 Å². The molecular weight excluding hydrogens is 280 g/mol. The van der Waals surface area contributed by atoms with Crippen LogP contribution in [-0.2, 0) is 0 Å². The Hall–Kier alpha value is -1.66. The number of nitrogens with one attached hydrogen (secondary N) is 2. The van der Waals surface area contributed by atoms with E-state index in [1.807, 2.05) is 11.8 Å². The van der Waals surface area contributed by atoms with Gasteiger partial charge >= 0.3 is 0 Å². The standard InChI is InChI=1S/C13H18N4O2.ClH/c1-9-7-15-5-6-17(9)13(19)10-3-4-11(16-8-10)12(18)14-2;/h3-4,8-9,15H,5-7H2,1-2H3,(H,14,18);1H/t9-;/m1./s1. The van der Waals surface area contributed by atoms with Crippen LogP contribution in [-0.4, -0.2) is 54.4 Å². The predicted octanol–water partition coefficient (Wildman–Crippen LogP) is 0.297. The minimum Gasteiger partial charge on any atom is -0.354 e. The van der Waals surface area contributed by atoms with E-state index >= 15 is 0 Å². The molecule has 2 heterocycles. The van der Waals surface area contributed by atoms with Crippen molar-refractivity contribution < 1.29 is 9.59 Å². The molecule has 6 nitrogen and oxygen atoms in total. The van der Waals surface area contributed by atoms with Gasteiger partial charge in [0.2, 0.25) is 0 Å². The third-order valence-electron chi connectivity index (χ3n) is 3.23. The Bertz CT molecular complexity index is 478. The lowest BCUT2D eigenvalue weighted by Crippen LogP contribution is -2.52. The van der Waals surface area contributed by atoms with Gasteiger partial charge in [-0.3, -0.25) is 14.6 Å². The normalized spacial score (nSPS) is 18.1. The van der Waals surface area contributed by atoms with Crippen LogP contribution >= 0.6 is 12.4 Å². The van der Waals surface area contributed by atoms with Crippen LogP contribution in [0.3, 0.4) is 0 Å². The molecule has 0 spiro atoms. The molecule has 0 aromatic carbocycles. The largest absolute Gasteiger partial charge is 0.354 e. The van der Waals surface area contributed by atoms with Crippen molar-refractivity contribution in [3.63, 3.8) is 0 Å². The number of hydrogen-bond acceptors (Lipinski definition) is 4. The maximum absolute atomic E-state index is 12.3. The van der Waals surface area contributed by atoms with E-state index in [0.29, 0.717) is 17.8 Å². The molecule has 1 saturated heterocycles. The van der Waals surface area contributed by atoms with E-state index in [4.69, 9.17) is 0 Å². The van der Waals surface area contributed by atoms with Gasteiger partial charge in [-0.15, -0.1) is 12.4 Å². The van der Waals surface area contributed by atoms with Gasteiger partial charge in [-0.05, 0) is 19.1 Å². The molecule has 0 unspecified atom stereocenters. The molecule has 0 aliphatic carbocycles. The van der Waals surface area contributed by atoms with E-state index < -0.39 is 0 Å². The highest BCUT2D eigenvalue weighted by Crippen LogP contribution is 2.10. The summed E-state index contributed by atoms with van der Waals surface area (Å²) in [4.78, 5) is 29.5. The van der Waals surface area contributed by atoms with Crippen molar-refractivity contribution in [2.45, 2.75) is 13.0 Å². The molecule has 2 amide bonds. The second-order valence-corrected chi connectivity index (χ2v) is 4.56. The molecule has 0 bridgehead atoms. The SMILES string of the molecule is CNC(=O)c1ccc(C(=O)N2CCNC[C@H]2C)cn1.Cl. The number of hydrogen-bond donors (Lipinski definition) is 2. The second-order valence-electron chi connectivity index (χ2n) is 4.56. The number of nitrogens with zero attached hydrogens (tertiary/aromatic N) is 2. The van der Waals surface area contributed by atoms with E-state index in [9.17, 15) is 9.59 Å². The lowest BCUT2D eigenvalue weighted by molar-refractivity contribution is 0.0655. The van der Waals surface area contributed by atoms with Crippen molar-refractivity contribution in [3.05, 3.63) is 29.6 Å². The Morgan fingerprint density at radius 3 is 2.75 bits per heavy atom. The summed E-state index contributed by atoms with van der Waals surface area (Å²) in [6.07, 6.45) is 1.46. The Balaban J connectivity index is 0.00000200. The highest BCUT2D eigenvalue weighted by atomic mass is 35.5. The summed E-state index contributed by atoms with van der Waals surface area (Å²) in [7, 11) is 1.55. The summed E-state index contributed by atoms with van der Waals surface area (Å²) in [5.74, 6) is -0.292. The summed E-state index contributed by atoms with van der Waals surface area (Å²) >= 11 is 0. The van der Waals surface area contributed by atoms with E-state index in [1.54, 1.807) is 19.2 Å². The molecule has 1 aromatic rings. The molecule has 1 aliphatic rings. The predicted molar refractivity (Wildman–Crippen MR) is 78.2 cm³/mol. The Labute approximate surface area is 124 Å². The van der Waals surface area contributed by atoms with Crippen LogP contribution in [0.1, 0.15) is 27.8 Å². The zero-order valence-electron chi connectivity index (χ0n) is 11.5. The third-order valence-corrected chi connectivity index (χ3v) is 3.23. The average molecular weight is 299 g/mol. The molecule has 2 rings (SSSR count). The van der Waals surface area contributed by atoms with Crippen molar-refractivity contribution >= 4 is 24.2 Å². The quantitative estimate of drug-likeness (QED) is 0.823. The number of pyridine rings is 1. The molecule has 1 fully saturated rings. The number of carbonyl (C=O) groups is 2. The first kappa shape index (κ1) is 16.4. The molecule has 7 heteroatoms. The lowest BCUT2D eigenvalue weighted by Gasteiger charge is -2.33. The molecule has 0 radical (unpaired) electrons. The van der Waals surface area contributed by atoms with Gasteiger partial charge in [0.05, 0.1) is 5.56 Å². The second kappa shape index (κ2) is 7.21. The van der Waals surface area contributed by atoms with Gasteiger partial charge in [-0.25, -0.2) is 0 Å². The molecule has 2 N–H and O–H groups in total. The number of amides is 2. The zero-order valence-corrected chi connectivity index (χ0v) is 12.4. The van der Waals surface area contributed by atoms with E-state index in [-0.39, 0.29) is 30.3 Å². The summed E-state index contributed by atoms with van der Waals surface area (Å²) in [5.41, 5.74) is 0.828. The summed E-state index contributed by atoms with van der Waals surface area (Å²) in [6.45, 7) is 4.31. The van der Waals surface area contributed by atoms with Crippen molar-refractivity contribution in [2.24, 2.45) is 0 Å². The van der Waals surface area contributed by atoms with Gasteiger partial charge in [0.1, 0.15) is 5.69 Å². The van der Waals surface area contributed by atoms with Gasteiger partial charge in [-0.2, -0.15) is 0 Å². The number of halogens is 1. The first-order chi connectivity index (χ1) is 9.13. The lowest BCUT2D eigenvalue weighted by atomic mass is 10.1. The van der Waals surface area contributed by atoms with E-state index in [2.05, 4.69) is 15.6 Å². The van der Waals surface area contributed by atoms with Gasteiger partial charge in [0.25, 0.3) is 11.8 Å². The molecule has 20 heavy (non-hydrogen) atoms. The monoisotopic (exact) mass is 298 g/mol. The minimum atomic E-state index is -0.255. The number of aromatic nitrogens is 1. The Morgan fingerprint density at radius 2 is 2.20 bits per heavy atom. The van der Waals surface area contributed by atoms with Gasteiger partial charge in [0, 0.05) is 38.9 Å². The fraction of sp³-hybridized carbons (Fsp3) is 0.462. The van der Waals surface area contributed by atoms with E-state index in [0.717, 1.165) is 13.1 Å². The van der Waals surface area contributed by atoms with Crippen molar-refractivity contribution in [3.8, 4) is 0 Å². The van der Waals surface area contributed by atoms with Crippen molar-refractivity contribution in [1.29, 1.82) is 0 Å². The molecule has 0 saturated carbocycles. The zero-order chi connectivity index (χ0) is 13.8. The Kier molecular flexibility index (Phi) is 5.91. The van der Waals surface area contributed by atoms with Crippen LogP contribution in [0.2, 0.25) is 0 Å². The fourth-order valence-electron chi connectivity index (χ4n) is 2.09. The highest BCUT2D eigenvalue weighted by molar-refractivity contribution is 5.96. The number of carbonyl (C=O) groups excluding carboxylic acids is 2. The van der Waals surface area contributed by atoms with Crippen LogP contribution < -0.4 is 10.6 Å². The molecular formula is C13H19ClN4O2. The van der Waals surface area contributed by atoms with Crippen LogP contribution in [0.25, 0.3) is 0 Å². The topological polar surface area (TPSA) is 74.3 Å².